The Balaban J connectivity index is 1.54. The van der Waals surface area contributed by atoms with E-state index in [4.69, 9.17) is 0 Å². The first-order valence-corrected chi connectivity index (χ1v) is 8.73. The zero-order valence-corrected chi connectivity index (χ0v) is 13.2. The van der Waals surface area contributed by atoms with Gasteiger partial charge in [0.25, 0.3) is 0 Å². The van der Waals surface area contributed by atoms with Crippen LogP contribution in [0.4, 0.5) is 0 Å². The van der Waals surface area contributed by atoms with Crippen molar-refractivity contribution in [2.75, 3.05) is 12.3 Å². The Morgan fingerprint density at radius 2 is 1.91 bits per heavy atom. The van der Waals surface area contributed by atoms with Crippen LogP contribution in [0.2, 0.25) is 0 Å². The van der Waals surface area contributed by atoms with Crippen molar-refractivity contribution in [1.82, 2.24) is 19.5 Å². The van der Waals surface area contributed by atoms with Crippen molar-refractivity contribution in [3.63, 3.8) is 0 Å². The molecule has 4 rings (SSSR count). The SMILES string of the molecule is O=C1CCC(=O)N1CCSc1nnc2sc3ccccc3n12. The van der Waals surface area contributed by atoms with Crippen molar-refractivity contribution in [3.8, 4) is 0 Å². The summed E-state index contributed by atoms with van der Waals surface area (Å²) < 4.78 is 3.19. The Kier molecular flexibility index (Phi) is 3.34. The molecule has 1 aliphatic heterocycles. The molecule has 0 saturated carbocycles. The third-order valence-electron chi connectivity index (χ3n) is 3.61. The van der Waals surface area contributed by atoms with Crippen LogP contribution < -0.4 is 0 Å². The second-order valence-electron chi connectivity index (χ2n) is 4.96. The summed E-state index contributed by atoms with van der Waals surface area (Å²) in [5.41, 5.74) is 1.09. The van der Waals surface area contributed by atoms with E-state index in [0.717, 1.165) is 15.6 Å². The van der Waals surface area contributed by atoms with Gasteiger partial charge in [-0.25, -0.2) is 0 Å². The Bertz CT molecular complexity index is 869. The van der Waals surface area contributed by atoms with E-state index in [0.29, 0.717) is 25.1 Å². The number of carbonyl (C=O) groups is 2. The van der Waals surface area contributed by atoms with E-state index < -0.39 is 0 Å². The Morgan fingerprint density at radius 1 is 1.14 bits per heavy atom. The summed E-state index contributed by atoms with van der Waals surface area (Å²) in [5.74, 6) is 0.485. The number of benzene rings is 1. The molecule has 0 aliphatic carbocycles. The van der Waals surface area contributed by atoms with Gasteiger partial charge in [-0.15, -0.1) is 10.2 Å². The highest BCUT2D eigenvalue weighted by atomic mass is 32.2. The fraction of sp³-hybridized carbons (Fsp3) is 0.286. The zero-order chi connectivity index (χ0) is 15.1. The molecular weight excluding hydrogens is 320 g/mol. The van der Waals surface area contributed by atoms with Gasteiger partial charge in [-0.2, -0.15) is 0 Å². The molecule has 1 aromatic carbocycles. The van der Waals surface area contributed by atoms with Crippen LogP contribution in [0.25, 0.3) is 15.2 Å². The van der Waals surface area contributed by atoms with Gasteiger partial charge in [0.2, 0.25) is 16.8 Å². The molecule has 1 aliphatic rings. The monoisotopic (exact) mass is 332 g/mol. The number of hydrogen-bond donors (Lipinski definition) is 0. The standard InChI is InChI=1S/C14H12N4O2S2/c19-11-5-6-12(20)17(11)7-8-21-13-15-16-14-18(13)9-3-1-2-4-10(9)22-14/h1-4H,5-8H2. The number of fused-ring (bicyclic) bond motifs is 3. The maximum Gasteiger partial charge on any atom is 0.229 e. The van der Waals surface area contributed by atoms with Crippen LogP contribution >= 0.6 is 23.1 Å². The molecule has 6 nitrogen and oxygen atoms in total. The van der Waals surface area contributed by atoms with Crippen molar-refractivity contribution in [1.29, 1.82) is 0 Å². The summed E-state index contributed by atoms with van der Waals surface area (Å²) in [7, 11) is 0. The molecule has 0 unspecified atom stereocenters. The van der Waals surface area contributed by atoms with Crippen molar-refractivity contribution in [2.24, 2.45) is 0 Å². The lowest BCUT2D eigenvalue weighted by Crippen LogP contribution is -2.31. The zero-order valence-electron chi connectivity index (χ0n) is 11.6. The van der Waals surface area contributed by atoms with Gasteiger partial charge in [0, 0.05) is 25.1 Å². The molecule has 3 aromatic rings. The minimum absolute atomic E-state index is 0.0713. The van der Waals surface area contributed by atoms with Gasteiger partial charge in [0.1, 0.15) is 0 Å². The summed E-state index contributed by atoms with van der Waals surface area (Å²) in [6.45, 7) is 0.430. The molecule has 22 heavy (non-hydrogen) atoms. The number of likely N-dealkylation sites (tertiary alicyclic amines) is 1. The fourth-order valence-corrected chi connectivity index (χ4v) is 4.44. The second-order valence-corrected chi connectivity index (χ2v) is 7.03. The molecule has 0 bridgehead atoms. The minimum Gasteiger partial charge on any atom is -0.282 e. The van der Waals surface area contributed by atoms with Crippen molar-refractivity contribution >= 4 is 50.1 Å². The topological polar surface area (TPSA) is 67.6 Å². The molecule has 1 fully saturated rings. The largest absolute Gasteiger partial charge is 0.282 e. The first-order valence-electron chi connectivity index (χ1n) is 6.93. The molecule has 2 aromatic heterocycles. The van der Waals surface area contributed by atoms with Crippen LogP contribution in [-0.4, -0.2) is 43.6 Å². The van der Waals surface area contributed by atoms with Crippen molar-refractivity contribution in [2.45, 2.75) is 18.0 Å². The van der Waals surface area contributed by atoms with Crippen LogP contribution in [-0.2, 0) is 9.59 Å². The van der Waals surface area contributed by atoms with E-state index in [1.165, 1.54) is 21.4 Å². The molecule has 1 saturated heterocycles. The normalized spacial score (nSPS) is 15.5. The summed E-state index contributed by atoms with van der Waals surface area (Å²) >= 11 is 3.12. The van der Waals surface area contributed by atoms with Crippen LogP contribution in [0.5, 0.6) is 0 Å². The average molecular weight is 332 g/mol. The first-order chi connectivity index (χ1) is 10.7. The highest BCUT2D eigenvalue weighted by Gasteiger charge is 2.28. The number of imide groups is 1. The van der Waals surface area contributed by atoms with E-state index in [1.54, 1.807) is 11.3 Å². The lowest BCUT2D eigenvalue weighted by molar-refractivity contribution is -0.137. The number of carbonyl (C=O) groups excluding carboxylic acids is 2. The van der Waals surface area contributed by atoms with E-state index in [9.17, 15) is 9.59 Å². The van der Waals surface area contributed by atoms with Gasteiger partial charge >= 0.3 is 0 Å². The highest BCUT2D eigenvalue weighted by Crippen LogP contribution is 2.29. The lowest BCUT2D eigenvalue weighted by atomic mass is 10.3. The van der Waals surface area contributed by atoms with E-state index in [2.05, 4.69) is 16.3 Å². The van der Waals surface area contributed by atoms with E-state index in [-0.39, 0.29) is 11.8 Å². The molecular formula is C14H12N4O2S2. The number of hydrogen-bond acceptors (Lipinski definition) is 6. The quantitative estimate of drug-likeness (QED) is 0.541. The highest BCUT2D eigenvalue weighted by molar-refractivity contribution is 7.99. The summed E-state index contributed by atoms with van der Waals surface area (Å²) in [5, 5.41) is 9.20. The van der Waals surface area contributed by atoms with Crippen molar-refractivity contribution < 1.29 is 9.59 Å². The molecule has 0 spiro atoms. The molecule has 0 N–H and O–H groups in total. The van der Waals surface area contributed by atoms with Crippen LogP contribution in [0, 0.1) is 0 Å². The summed E-state index contributed by atoms with van der Waals surface area (Å²) in [6.07, 6.45) is 0.682. The Labute approximate surface area is 134 Å². The molecule has 0 radical (unpaired) electrons. The number of nitrogens with zero attached hydrogens (tertiary/aromatic N) is 4. The molecule has 3 heterocycles. The predicted molar refractivity (Wildman–Crippen MR) is 85.0 cm³/mol. The van der Waals surface area contributed by atoms with Gasteiger partial charge < -0.3 is 0 Å². The fourth-order valence-electron chi connectivity index (χ4n) is 2.55. The number of aromatic nitrogens is 3. The van der Waals surface area contributed by atoms with Gasteiger partial charge in [0.05, 0.1) is 10.2 Å². The van der Waals surface area contributed by atoms with Crippen molar-refractivity contribution in [3.05, 3.63) is 24.3 Å². The average Bonchev–Trinajstić information content (AvgIpc) is 3.16. The van der Waals surface area contributed by atoms with Gasteiger partial charge in [-0.3, -0.25) is 18.9 Å². The first kappa shape index (κ1) is 13.7. The van der Waals surface area contributed by atoms with Gasteiger partial charge in [0.15, 0.2) is 5.16 Å². The maximum atomic E-state index is 11.6. The van der Waals surface area contributed by atoms with Crippen LogP contribution in [0.3, 0.4) is 0 Å². The third kappa shape index (κ3) is 2.19. The minimum atomic E-state index is -0.0713. The van der Waals surface area contributed by atoms with Gasteiger partial charge in [-0.05, 0) is 12.1 Å². The van der Waals surface area contributed by atoms with E-state index in [1.807, 2.05) is 22.6 Å². The number of amides is 2. The number of para-hydroxylation sites is 1. The summed E-state index contributed by atoms with van der Waals surface area (Å²) in [6, 6.07) is 8.10. The van der Waals surface area contributed by atoms with Gasteiger partial charge in [-0.1, -0.05) is 35.2 Å². The van der Waals surface area contributed by atoms with E-state index >= 15 is 0 Å². The Morgan fingerprint density at radius 3 is 2.73 bits per heavy atom. The summed E-state index contributed by atoms with van der Waals surface area (Å²) in [4.78, 5) is 25.4. The third-order valence-corrected chi connectivity index (χ3v) is 5.53. The predicted octanol–water partition coefficient (Wildman–Crippen LogP) is 2.19. The number of thiazole rings is 1. The smallest absolute Gasteiger partial charge is 0.229 e. The molecule has 0 atom stereocenters. The van der Waals surface area contributed by atoms with Crippen LogP contribution in [0.15, 0.2) is 29.4 Å². The molecule has 8 heteroatoms. The maximum absolute atomic E-state index is 11.6. The number of rotatable bonds is 4. The lowest BCUT2D eigenvalue weighted by Gasteiger charge is -2.12. The second kappa shape index (κ2) is 5.36. The number of thioether (sulfide) groups is 1. The molecule has 112 valence electrons. The Hall–Kier alpha value is -1.93. The molecule has 2 amide bonds. The van der Waals surface area contributed by atoms with Crippen LogP contribution in [0.1, 0.15) is 12.8 Å².